The highest BCUT2D eigenvalue weighted by Gasteiger charge is 2.27. The molecule has 1 aliphatic heterocycles. The molecule has 148 valence electrons. The summed E-state index contributed by atoms with van der Waals surface area (Å²) in [5.74, 6) is 0.560. The van der Waals surface area contributed by atoms with Crippen molar-refractivity contribution in [1.82, 2.24) is 9.03 Å². The Labute approximate surface area is 162 Å². The average Bonchev–Trinajstić information content (AvgIpc) is 3.17. The normalized spacial score (nSPS) is 16.3. The first kappa shape index (κ1) is 20.2. The largest absolute Gasteiger partial charge is 0.497 e. The molecule has 2 heterocycles. The second-order valence-electron chi connectivity index (χ2n) is 5.74. The summed E-state index contributed by atoms with van der Waals surface area (Å²) in [6.07, 6.45) is 0. The number of morpholine rings is 1. The number of nitrogens with one attached hydrogen (secondary N) is 1. The highest BCUT2D eigenvalue weighted by atomic mass is 32.2. The van der Waals surface area contributed by atoms with Gasteiger partial charge >= 0.3 is 0 Å². The number of sulfonamides is 2. The summed E-state index contributed by atoms with van der Waals surface area (Å²) in [7, 11) is -5.78. The summed E-state index contributed by atoms with van der Waals surface area (Å²) in [4.78, 5) is 0.722. The molecule has 0 amide bonds. The quantitative estimate of drug-likeness (QED) is 0.707. The minimum Gasteiger partial charge on any atom is -0.497 e. The summed E-state index contributed by atoms with van der Waals surface area (Å²) in [6, 6.07) is 9.15. The molecule has 1 saturated heterocycles. The Bertz CT molecular complexity index is 977. The van der Waals surface area contributed by atoms with Gasteiger partial charge in [-0.2, -0.15) is 4.31 Å². The van der Waals surface area contributed by atoms with Crippen molar-refractivity contribution in [3.63, 3.8) is 0 Å². The first-order valence-electron chi connectivity index (χ1n) is 8.13. The number of rotatable bonds is 7. The second-order valence-corrected chi connectivity index (χ2v) is 10.8. The van der Waals surface area contributed by atoms with Crippen molar-refractivity contribution in [3.8, 4) is 5.75 Å². The highest BCUT2D eigenvalue weighted by molar-refractivity contribution is 7.91. The molecule has 1 fully saturated rings. The van der Waals surface area contributed by atoms with E-state index in [1.165, 1.54) is 29.6 Å². The van der Waals surface area contributed by atoms with Crippen molar-refractivity contribution in [3.05, 3.63) is 41.3 Å². The number of benzene rings is 1. The molecule has 0 spiro atoms. The molecule has 1 aliphatic rings. The minimum atomic E-state index is -3.71. The van der Waals surface area contributed by atoms with Crippen LogP contribution in [-0.2, 0) is 31.3 Å². The Balaban J connectivity index is 1.68. The van der Waals surface area contributed by atoms with Crippen molar-refractivity contribution >= 4 is 31.4 Å². The van der Waals surface area contributed by atoms with Crippen molar-refractivity contribution in [1.29, 1.82) is 0 Å². The number of thiophene rings is 1. The number of nitrogens with zero attached hydrogens (tertiary/aromatic N) is 1. The van der Waals surface area contributed by atoms with Crippen molar-refractivity contribution in [2.75, 3.05) is 33.4 Å². The Morgan fingerprint density at radius 3 is 2.37 bits per heavy atom. The minimum absolute atomic E-state index is 0.0116. The van der Waals surface area contributed by atoms with E-state index in [-0.39, 0.29) is 15.6 Å². The third kappa shape index (κ3) is 4.68. The van der Waals surface area contributed by atoms with Gasteiger partial charge in [0, 0.05) is 24.5 Å². The van der Waals surface area contributed by atoms with E-state index in [2.05, 4.69) is 4.72 Å². The third-order valence-corrected chi connectivity index (χ3v) is 8.88. The van der Waals surface area contributed by atoms with Crippen molar-refractivity contribution < 1.29 is 26.3 Å². The summed E-state index contributed by atoms with van der Waals surface area (Å²) in [5.41, 5.74) is 0. The fourth-order valence-electron chi connectivity index (χ4n) is 2.51. The predicted molar refractivity (Wildman–Crippen MR) is 101 cm³/mol. The van der Waals surface area contributed by atoms with Crippen LogP contribution < -0.4 is 9.46 Å². The molecule has 0 saturated carbocycles. The number of ether oxygens (including phenoxy) is 2. The standard InChI is InChI=1S/C16H20N2O6S3/c1-23-13-2-5-15(6-3-13)26(19,20)17-12-14-4-7-16(25-14)27(21,22)18-8-10-24-11-9-18/h2-7,17H,8-12H2,1H3. The monoisotopic (exact) mass is 432 g/mol. The lowest BCUT2D eigenvalue weighted by Crippen LogP contribution is -2.40. The Kier molecular flexibility index (Phi) is 6.18. The van der Waals surface area contributed by atoms with Gasteiger partial charge in [-0.25, -0.2) is 21.6 Å². The van der Waals surface area contributed by atoms with Crippen LogP contribution in [0, 0.1) is 0 Å². The van der Waals surface area contributed by atoms with Crippen LogP contribution >= 0.6 is 11.3 Å². The molecule has 0 aliphatic carbocycles. The van der Waals surface area contributed by atoms with E-state index in [4.69, 9.17) is 9.47 Å². The van der Waals surface area contributed by atoms with E-state index in [0.29, 0.717) is 36.9 Å². The summed E-state index contributed by atoms with van der Waals surface area (Å²) in [5, 5.41) is 0. The lowest BCUT2D eigenvalue weighted by Gasteiger charge is -2.25. The Morgan fingerprint density at radius 2 is 1.74 bits per heavy atom. The summed E-state index contributed by atoms with van der Waals surface area (Å²) >= 11 is 1.06. The van der Waals surface area contributed by atoms with Crippen molar-refractivity contribution in [2.24, 2.45) is 0 Å². The van der Waals surface area contributed by atoms with Gasteiger partial charge in [0.25, 0.3) is 10.0 Å². The molecular weight excluding hydrogens is 412 g/mol. The number of methoxy groups -OCH3 is 1. The zero-order chi connectivity index (χ0) is 19.5. The Hall–Kier alpha value is -1.50. The fourth-order valence-corrected chi connectivity index (χ4v) is 6.47. The molecule has 11 heteroatoms. The van der Waals surface area contributed by atoms with Gasteiger partial charge in [-0.3, -0.25) is 0 Å². The van der Waals surface area contributed by atoms with Gasteiger partial charge in [-0.1, -0.05) is 0 Å². The van der Waals surface area contributed by atoms with Gasteiger partial charge in [0.15, 0.2) is 0 Å². The van der Waals surface area contributed by atoms with Crippen LogP contribution in [0.4, 0.5) is 0 Å². The van der Waals surface area contributed by atoms with E-state index in [0.717, 1.165) is 11.3 Å². The third-order valence-electron chi connectivity index (χ3n) is 4.01. The van der Waals surface area contributed by atoms with Gasteiger partial charge in [0.05, 0.1) is 25.2 Å². The van der Waals surface area contributed by atoms with Gasteiger partial charge in [-0.15, -0.1) is 11.3 Å². The maximum atomic E-state index is 12.6. The molecule has 1 N–H and O–H groups in total. The van der Waals surface area contributed by atoms with Crippen LogP contribution in [0.25, 0.3) is 0 Å². The second kappa shape index (κ2) is 8.25. The van der Waals surface area contributed by atoms with Gasteiger partial charge in [-0.05, 0) is 36.4 Å². The lowest BCUT2D eigenvalue weighted by molar-refractivity contribution is 0.0731. The molecular formula is C16H20N2O6S3. The molecule has 1 aromatic heterocycles. The molecule has 1 aromatic carbocycles. The topological polar surface area (TPSA) is 102 Å². The van der Waals surface area contributed by atoms with Crippen LogP contribution in [0.3, 0.4) is 0 Å². The molecule has 0 atom stereocenters. The number of hydrogen-bond donors (Lipinski definition) is 1. The van der Waals surface area contributed by atoms with Gasteiger partial charge in [0.1, 0.15) is 9.96 Å². The fraction of sp³-hybridized carbons (Fsp3) is 0.375. The van der Waals surface area contributed by atoms with E-state index >= 15 is 0 Å². The molecule has 27 heavy (non-hydrogen) atoms. The SMILES string of the molecule is COc1ccc(S(=O)(=O)NCc2ccc(S(=O)(=O)N3CCOCC3)s2)cc1. The van der Waals surface area contributed by atoms with E-state index in [1.54, 1.807) is 18.2 Å². The first-order chi connectivity index (χ1) is 12.8. The average molecular weight is 433 g/mol. The maximum absolute atomic E-state index is 12.6. The van der Waals surface area contributed by atoms with E-state index in [9.17, 15) is 16.8 Å². The molecule has 0 unspecified atom stereocenters. The van der Waals surface area contributed by atoms with E-state index in [1.807, 2.05) is 0 Å². The van der Waals surface area contributed by atoms with Crippen molar-refractivity contribution in [2.45, 2.75) is 15.6 Å². The summed E-state index contributed by atoms with van der Waals surface area (Å²) < 4.78 is 64.2. The zero-order valence-electron chi connectivity index (χ0n) is 14.6. The van der Waals surface area contributed by atoms with Crippen LogP contribution in [0.5, 0.6) is 5.75 Å². The predicted octanol–water partition coefficient (Wildman–Crippen LogP) is 1.26. The lowest BCUT2D eigenvalue weighted by atomic mass is 10.3. The zero-order valence-corrected chi connectivity index (χ0v) is 17.1. The smallest absolute Gasteiger partial charge is 0.252 e. The number of hydrogen-bond acceptors (Lipinski definition) is 7. The molecule has 3 rings (SSSR count). The molecule has 0 bridgehead atoms. The van der Waals surface area contributed by atoms with Gasteiger partial charge < -0.3 is 9.47 Å². The highest BCUT2D eigenvalue weighted by Crippen LogP contribution is 2.26. The molecule has 0 radical (unpaired) electrons. The maximum Gasteiger partial charge on any atom is 0.252 e. The van der Waals surface area contributed by atoms with E-state index < -0.39 is 20.0 Å². The van der Waals surface area contributed by atoms with Crippen LogP contribution in [0.2, 0.25) is 0 Å². The van der Waals surface area contributed by atoms with Gasteiger partial charge in [0.2, 0.25) is 10.0 Å². The molecule has 8 nitrogen and oxygen atoms in total. The van der Waals surface area contributed by atoms with Crippen LogP contribution in [0.15, 0.2) is 45.5 Å². The van der Waals surface area contributed by atoms with Crippen LogP contribution in [-0.4, -0.2) is 54.6 Å². The Morgan fingerprint density at radius 1 is 1.07 bits per heavy atom. The summed E-state index contributed by atoms with van der Waals surface area (Å²) in [6.45, 7) is 1.40. The first-order valence-corrected chi connectivity index (χ1v) is 11.9. The van der Waals surface area contributed by atoms with Crippen LogP contribution in [0.1, 0.15) is 4.88 Å². The molecule has 2 aromatic rings.